The average molecular weight is 389 g/mol. The molecule has 0 aromatic carbocycles. The quantitative estimate of drug-likeness (QED) is 0.338. The first-order chi connectivity index (χ1) is 7.25. The molecule has 0 saturated heterocycles. The Morgan fingerprint density at radius 2 is 0.667 bits per heavy atom. The summed E-state index contributed by atoms with van der Waals surface area (Å²) in [5, 5.41) is 37.7. The molecule has 0 fully saturated rings. The third kappa shape index (κ3) is 36.0. The summed E-state index contributed by atoms with van der Waals surface area (Å²) in [5.41, 5.74) is 0. The minimum absolute atomic E-state index is 0. The van der Waals surface area contributed by atoms with Gasteiger partial charge >= 0.3 is 75.8 Å². The number of hydrogen-bond donors (Lipinski definition) is 0. The first-order valence-corrected chi connectivity index (χ1v) is 3.45. The van der Waals surface area contributed by atoms with Gasteiger partial charge < -0.3 is 39.6 Å². The monoisotopic (exact) mass is 388 g/mol. The maximum absolute atomic E-state index is 9.41. The number of carboxylic acids is 4. The molecule has 0 N–H and O–H groups in total. The Kier molecular flexibility index (Phi) is 24.7. The van der Waals surface area contributed by atoms with Crippen LogP contribution < -0.4 is 71.8 Å². The standard InChI is InChI=1S/2C4H4O4.K.Sb/c2*5-3(6)1-2-4(7)8;;/h2*1-2H,(H,5,6)(H,7,8);;/q;;+1;+3/p-4. The Morgan fingerprint density at radius 1 is 0.556 bits per heavy atom. The van der Waals surface area contributed by atoms with Crippen LogP contribution in [-0.4, -0.2) is 48.3 Å². The molecule has 0 heterocycles. The first-order valence-electron chi connectivity index (χ1n) is 3.45. The van der Waals surface area contributed by atoms with E-state index in [0.29, 0.717) is 24.3 Å². The Hall–Kier alpha value is -0.185. The predicted octanol–water partition coefficient (Wildman–Crippen LogP) is -9.29. The average Bonchev–Trinajstić information content (AvgIpc) is 2.12. The third-order valence-electron chi connectivity index (χ3n) is 0.711. The molecular formula is C8H4KO8Sb. The van der Waals surface area contributed by atoms with E-state index in [0.717, 1.165) is 0 Å². The van der Waals surface area contributed by atoms with Gasteiger partial charge in [-0.1, -0.05) is 0 Å². The summed E-state index contributed by atoms with van der Waals surface area (Å²) in [6, 6.07) is 0. The van der Waals surface area contributed by atoms with E-state index in [-0.39, 0.29) is 75.8 Å². The van der Waals surface area contributed by atoms with Gasteiger partial charge in [0.05, 0.1) is 23.9 Å². The van der Waals surface area contributed by atoms with Crippen LogP contribution >= 0.6 is 0 Å². The van der Waals surface area contributed by atoms with Crippen LogP contribution in [0.4, 0.5) is 0 Å². The van der Waals surface area contributed by atoms with Gasteiger partial charge in [0, 0.05) is 0 Å². The van der Waals surface area contributed by atoms with Crippen molar-refractivity contribution in [1.29, 1.82) is 0 Å². The van der Waals surface area contributed by atoms with Crippen molar-refractivity contribution in [3.05, 3.63) is 24.3 Å². The van der Waals surface area contributed by atoms with Gasteiger partial charge in [-0.25, -0.2) is 0 Å². The van der Waals surface area contributed by atoms with Gasteiger partial charge in [-0.15, -0.1) is 0 Å². The topological polar surface area (TPSA) is 161 Å². The molecule has 0 aliphatic carbocycles. The van der Waals surface area contributed by atoms with Crippen LogP contribution in [0.5, 0.6) is 0 Å². The molecule has 10 heteroatoms. The van der Waals surface area contributed by atoms with Crippen LogP contribution in [0.25, 0.3) is 0 Å². The van der Waals surface area contributed by atoms with Crippen molar-refractivity contribution in [3.8, 4) is 0 Å². The minimum Gasteiger partial charge on any atom is -0.545 e. The van der Waals surface area contributed by atoms with E-state index in [4.69, 9.17) is 0 Å². The largest absolute Gasteiger partial charge is 3.00 e. The fourth-order valence-corrected chi connectivity index (χ4v) is 0.272. The summed E-state index contributed by atoms with van der Waals surface area (Å²) in [5.74, 6) is -6.19. The van der Waals surface area contributed by atoms with Crippen LogP contribution in [0.2, 0.25) is 0 Å². The Balaban J connectivity index is -0.0000000980. The van der Waals surface area contributed by atoms with Crippen molar-refractivity contribution in [2.45, 2.75) is 0 Å². The van der Waals surface area contributed by atoms with E-state index in [2.05, 4.69) is 0 Å². The molecule has 0 aliphatic rings. The van der Waals surface area contributed by atoms with Gasteiger partial charge in [-0.3, -0.25) is 0 Å². The number of hydrogen-bond acceptors (Lipinski definition) is 8. The molecule has 0 unspecified atom stereocenters. The second kappa shape index (κ2) is 16.8. The number of rotatable bonds is 4. The van der Waals surface area contributed by atoms with Gasteiger partial charge in [0.25, 0.3) is 0 Å². The van der Waals surface area contributed by atoms with E-state index in [9.17, 15) is 39.6 Å². The van der Waals surface area contributed by atoms with Crippen LogP contribution in [0.15, 0.2) is 24.3 Å². The van der Waals surface area contributed by atoms with Crippen molar-refractivity contribution in [2.24, 2.45) is 0 Å². The van der Waals surface area contributed by atoms with Gasteiger partial charge in [-0.05, 0) is 24.3 Å². The molecule has 0 saturated carbocycles. The van der Waals surface area contributed by atoms with Crippen molar-refractivity contribution < 1.29 is 91.0 Å². The number of carboxylic acid groups (broad SMARTS) is 4. The van der Waals surface area contributed by atoms with Crippen molar-refractivity contribution in [1.82, 2.24) is 0 Å². The minimum atomic E-state index is -1.55. The maximum Gasteiger partial charge on any atom is 3.00 e. The SMILES string of the molecule is O=C([O-])C=CC(=O)[O-].O=C([O-])C=CC(=O)[O-].[K+].[Sb+3]. The van der Waals surface area contributed by atoms with E-state index >= 15 is 0 Å². The molecule has 0 amide bonds. The van der Waals surface area contributed by atoms with Gasteiger partial charge in [0.1, 0.15) is 0 Å². The smallest absolute Gasteiger partial charge is 0.545 e. The molecule has 90 valence electrons. The molecule has 0 aliphatic heterocycles. The number of carbonyl (C=O) groups is 4. The summed E-state index contributed by atoms with van der Waals surface area (Å²) in [7, 11) is 0. The first kappa shape index (κ1) is 26.4. The van der Waals surface area contributed by atoms with E-state index in [1.54, 1.807) is 0 Å². The molecule has 0 bridgehead atoms. The summed E-state index contributed by atoms with van der Waals surface area (Å²) in [6.07, 6.45) is 1.54. The van der Waals surface area contributed by atoms with Crippen molar-refractivity contribution in [3.63, 3.8) is 0 Å². The molecule has 18 heavy (non-hydrogen) atoms. The Morgan fingerprint density at radius 3 is 0.722 bits per heavy atom. The molecule has 0 atom stereocenters. The summed E-state index contributed by atoms with van der Waals surface area (Å²) < 4.78 is 0. The number of carbonyl (C=O) groups excluding carboxylic acids is 4. The van der Waals surface area contributed by atoms with Crippen LogP contribution in [0, 0.1) is 0 Å². The molecule has 0 spiro atoms. The summed E-state index contributed by atoms with van der Waals surface area (Å²) >= 11 is 0. The van der Waals surface area contributed by atoms with Crippen molar-refractivity contribution in [2.75, 3.05) is 0 Å². The fraction of sp³-hybridized carbons (Fsp3) is 0. The Bertz CT molecular complexity index is 283. The fourth-order valence-electron chi connectivity index (χ4n) is 0.272. The molecule has 8 nitrogen and oxygen atoms in total. The van der Waals surface area contributed by atoms with Crippen molar-refractivity contribution >= 4 is 48.3 Å². The number of aliphatic carboxylic acids is 4. The molecule has 0 aromatic rings. The molecule has 0 rings (SSSR count). The Labute approximate surface area is 161 Å². The zero-order chi connectivity index (χ0) is 13.1. The van der Waals surface area contributed by atoms with E-state index in [1.807, 2.05) is 0 Å². The second-order valence-corrected chi connectivity index (χ2v) is 1.94. The molecular weight excluding hydrogens is 385 g/mol. The predicted molar refractivity (Wildman–Crippen MR) is 44.1 cm³/mol. The second-order valence-electron chi connectivity index (χ2n) is 1.94. The van der Waals surface area contributed by atoms with Crippen LogP contribution in [0.3, 0.4) is 0 Å². The van der Waals surface area contributed by atoms with Gasteiger partial charge in [0.2, 0.25) is 0 Å². The van der Waals surface area contributed by atoms with Crippen LogP contribution in [-0.2, 0) is 19.2 Å². The van der Waals surface area contributed by atoms with E-state index in [1.165, 1.54) is 0 Å². The van der Waals surface area contributed by atoms with Gasteiger partial charge in [0.15, 0.2) is 0 Å². The third-order valence-corrected chi connectivity index (χ3v) is 0.711. The maximum atomic E-state index is 9.41. The molecule has 0 aromatic heterocycles. The summed E-state index contributed by atoms with van der Waals surface area (Å²) in [6.45, 7) is 0. The van der Waals surface area contributed by atoms with Gasteiger partial charge in [-0.2, -0.15) is 0 Å². The van der Waals surface area contributed by atoms with Crippen LogP contribution in [0.1, 0.15) is 0 Å². The zero-order valence-corrected chi connectivity index (χ0v) is 14.7. The normalized spacial score (nSPS) is 8.44. The van der Waals surface area contributed by atoms with E-state index < -0.39 is 23.9 Å². The zero-order valence-electron chi connectivity index (χ0n) is 9.02. The molecule has 2 radical (unpaired) electrons. The summed E-state index contributed by atoms with van der Waals surface area (Å²) in [4.78, 5) is 37.7.